The maximum Gasteiger partial charge on any atom is 0.0458 e. The van der Waals surface area contributed by atoms with Crippen LogP contribution in [0.3, 0.4) is 0 Å². The molecule has 1 nitrogen and oxygen atoms in total. The molecule has 1 heteroatoms. The molecule has 0 bridgehead atoms. The number of hydrogen-bond acceptors (Lipinski definition) is 1. The van der Waals surface area contributed by atoms with Gasteiger partial charge in [-0.3, -0.25) is 0 Å². The molecule has 1 aliphatic heterocycles. The van der Waals surface area contributed by atoms with Crippen LogP contribution in [0.15, 0.2) is 23.9 Å². The van der Waals surface area contributed by atoms with Crippen LogP contribution >= 0.6 is 0 Å². The van der Waals surface area contributed by atoms with Crippen LogP contribution in [-0.2, 0) is 0 Å². The normalized spacial score (nSPS) is 31.7. The molecule has 3 atom stereocenters. The highest BCUT2D eigenvalue weighted by atomic mass is 14.9. The molecule has 1 N–H and O–H groups in total. The standard InChI is InChI=1S/C12H19N/c1-3-10(7-11-6-9(11)2)8-12-4-5-13-12/h4-6,10-13H,3,7-8H2,1-2H3. The summed E-state index contributed by atoms with van der Waals surface area (Å²) >= 11 is 0. The molecule has 0 aromatic carbocycles. The Kier molecular flexibility index (Phi) is 2.43. The second kappa shape index (κ2) is 3.57. The summed E-state index contributed by atoms with van der Waals surface area (Å²) in [6, 6.07) is 0.670. The van der Waals surface area contributed by atoms with Gasteiger partial charge in [-0.1, -0.05) is 25.0 Å². The SMILES string of the molecule is CCC(CC1C=CN1)CC1C=C1C. The maximum atomic E-state index is 3.32. The maximum absolute atomic E-state index is 3.32. The first-order valence-electron chi connectivity index (χ1n) is 5.40. The zero-order chi connectivity index (χ0) is 9.26. The highest BCUT2D eigenvalue weighted by molar-refractivity contribution is 5.26. The number of hydrogen-bond donors (Lipinski definition) is 1. The van der Waals surface area contributed by atoms with E-state index in [1.807, 2.05) is 0 Å². The molecular formula is C12H19N. The molecule has 0 saturated heterocycles. The lowest BCUT2D eigenvalue weighted by Crippen LogP contribution is -2.32. The summed E-state index contributed by atoms with van der Waals surface area (Å²) < 4.78 is 0. The van der Waals surface area contributed by atoms with Gasteiger partial charge in [0.25, 0.3) is 0 Å². The molecule has 1 heterocycles. The van der Waals surface area contributed by atoms with Crippen LogP contribution in [0.2, 0.25) is 0 Å². The van der Waals surface area contributed by atoms with Crippen molar-refractivity contribution in [2.45, 2.75) is 39.2 Å². The zero-order valence-electron chi connectivity index (χ0n) is 8.59. The quantitative estimate of drug-likeness (QED) is 0.637. The predicted octanol–water partition coefficient (Wildman–Crippen LogP) is 2.85. The summed E-state index contributed by atoms with van der Waals surface area (Å²) in [5, 5.41) is 3.32. The Morgan fingerprint density at radius 3 is 2.54 bits per heavy atom. The third-order valence-corrected chi connectivity index (χ3v) is 3.33. The van der Waals surface area contributed by atoms with Gasteiger partial charge in [0.15, 0.2) is 0 Å². The van der Waals surface area contributed by atoms with Gasteiger partial charge in [0, 0.05) is 6.04 Å². The molecule has 13 heavy (non-hydrogen) atoms. The largest absolute Gasteiger partial charge is 0.385 e. The van der Waals surface area contributed by atoms with Crippen molar-refractivity contribution in [3.8, 4) is 0 Å². The summed E-state index contributed by atoms with van der Waals surface area (Å²) in [6.45, 7) is 4.56. The lowest BCUT2D eigenvalue weighted by Gasteiger charge is -2.25. The van der Waals surface area contributed by atoms with Gasteiger partial charge >= 0.3 is 0 Å². The summed E-state index contributed by atoms with van der Waals surface area (Å²) in [4.78, 5) is 0. The highest BCUT2D eigenvalue weighted by Gasteiger charge is 2.25. The summed E-state index contributed by atoms with van der Waals surface area (Å²) in [7, 11) is 0. The van der Waals surface area contributed by atoms with Crippen LogP contribution in [0.5, 0.6) is 0 Å². The van der Waals surface area contributed by atoms with Gasteiger partial charge < -0.3 is 5.32 Å². The van der Waals surface area contributed by atoms with Gasteiger partial charge in [-0.05, 0) is 43.9 Å². The lowest BCUT2D eigenvalue weighted by atomic mass is 9.89. The first-order valence-corrected chi connectivity index (χ1v) is 5.40. The van der Waals surface area contributed by atoms with E-state index in [9.17, 15) is 0 Å². The Morgan fingerprint density at radius 2 is 2.15 bits per heavy atom. The van der Waals surface area contributed by atoms with Crippen LogP contribution in [0, 0.1) is 11.8 Å². The van der Waals surface area contributed by atoms with Crippen LogP contribution in [0.1, 0.15) is 33.1 Å². The topological polar surface area (TPSA) is 12.0 Å². The molecule has 2 aliphatic rings. The Balaban J connectivity index is 1.70. The first-order chi connectivity index (χ1) is 6.29. The molecule has 1 aliphatic carbocycles. The van der Waals surface area contributed by atoms with E-state index in [0.29, 0.717) is 6.04 Å². The molecule has 0 aromatic rings. The second-order valence-electron chi connectivity index (χ2n) is 4.40. The Bertz CT molecular complexity index is 240. The molecule has 3 unspecified atom stereocenters. The fourth-order valence-electron chi connectivity index (χ4n) is 2.05. The molecule has 0 saturated carbocycles. The molecular weight excluding hydrogens is 158 g/mol. The molecule has 0 radical (unpaired) electrons. The van der Waals surface area contributed by atoms with Crippen molar-refractivity contribution < 1.29 is 0 Å². The lowest BCUT2D eigenvalue weighted by molar-refractivity contribution is 0.379. The van der Waals surface area contributed by atoms with Gasteiger partial charge in [-0.2, -0.15) is 0 Å². The van der Waals surface area contributed by atoms with Crippen LogP contribution in [0.4, 0.5) is 0 Å². The average molecular weight is 177 g/mol. The van der Waals surface area contributed by atoms with E-state index in [1.165, 1.54) is 19.3 Å². The molecule has 0 fully saturated rings. The van der Waals surface area contributed by atoms with E-state index in [-0.39, 0.29) is 0 Å². The number of rotatable bonds is 5. The average Bonchev–Trinajstić information content (AvgIpc) is 2.72. The van der Waals surface area contributed by atoms with Gasteiger partial charge in [-0.25, -0.2) is 0 Å². The molecule has 0 aromatic heterocycles. The highest BCUT2D eigenvalue weighted by Crippen LogP contribution is 2.36. The zero-order valence-corrected chi connectivity index (χ0v) is 8.59. The van der Waals surface area contributed by atoms with Crippen molar-refractivity contribution in [1.29, 1.82) is 0 Å². The Labute approximate surface area is 80.9 Å². The second-order valence-corrected chi connectivity index (χ2v) is 4.40. The third kappa shape index (κ3) is 2.15. The van der Waals surface area contributed by atoms with Crippen molar-refractivity contribution >= 4 is 0 Å². The van der Waals surface area contributed by atoms with Gasteiger partial charge in [0.05, 0.1) is 0 Å². The predicted molar refractivity (Wildman–Crippen MR) is 56.3 cm³/mol. The first kappa shape index (κ1) is 8.86. The van der Waals surface area contributed by atoms with Crippen LogP contribution in [0.25, 0.3) is 0 Å². The number of nitrogens with one attached hydrogen (secondary N) is 1. The fourth-order valence-corrected chi connectivity index (χ4v) is 2.05. The van der Waals surface area contributed by atoms with E-state index >= 15 is 0 Å². The van der Waals surface area contributed by atoms with Crippen molar-refractivity contribution in [1.82, 2.24) is 5.32 Å². The minimum atomic E-state index is 0.670. The smallest absolute Gasteiger partial charge is 0.0458 e. The fraction of sp³-hybridized carbons (Fsp3) is 0.667. The summed E-state index contributed by atoms with van der Waals surface area (Å²) in [5.74, 6) is 1.76. The van der Waals surface area contributed by atoms with E-state index in [1.54, 1.807) is 5.57 Å². The third-order valence-electron chi connectivity index (χ3n) is 3.33. The van der Waals surface area contributed by atoms with Crippen molar-refractivity contribution in [3.05, 3.63) is 23.9 Å². The molecule has 2 rings (SSSR count). The van der Waals surface area contributed by atoms with Crippen LogP contribution < -0.4 is 5.32 Å². The molecule has 72 valence electrons. The van der Waals surface area contributed by atoms with Crippen molar-refractivity contribution in [3.63, 3.8) is 0 Å². The minimum absolute atomic E-state index is 0.670. The number of allylic oxidation sites excluding steroid dienone is 2. The monoisotopic (exact) mass is 177 g/mol. The van der Waals surface area contributed by atoms with Gasteiger partial charge in [-0.15, -0.1) is 0 Å². The minimum Gasteiger partial charge on any atom is -0.385 e. The van der Waals surface area contributed by atoms with E-state index in [2.05, 4.69) is 37.5 Å². The molecule has 0 amide bonds. The van der Waals surface area contributed by atoms with Gasteiger partial charge in [0.2, 0.25) is 0 Å². The van der Waals surface area contributed by atoms with Crippen molar-refractivity contribution in [2.75, 3.05) is 0 Å². The van der Waals surface area contributed by atoms with E-state index in [0.717, 1.165) is 11.8 Å². The molecule has 0 spiro atoms. The Morgan fingerprint density at radius 1 is 1.46 bits per heavy atom. The van der Waals surface area contributed by atoms with Crippen LogP contribution in [-0.4, -0.2) is 6.04 Å². The van der Waals surface area contributed by atoms with Crippen molar-refractivity contribution in [2.24, 2.45) is 11.8 Å². The van der Waals surface area contributed by atoms with E-state index < -0.39 is 0 Å². The van der Waals surface area contributed by atoms with Gasteiger partial charge in [0.1, 0.15) is 0 Å². The van der Waals surface area contributed by atoms with E-state index in [4.69, 9.17) is 0 Å². The summed E-state index contributed by atoms with van der Waals surface area (Å²) in [6.07, 6.45) is 10.8. The Hall–Kier alpha value is -0.720. The summed E-state index contributed by atoms with van der Waals surface area (Å²) in [5.41, 5.74) is 1.61.